The van der Waals surface area contributed by atoms with Crippen LogP contribution in [0.15, 0.2) is 70.4 Å². The highest BCUT2D eigenvalue weighted by Gasteiger charge is 2.25. The highest BCUT2D eigenvalue weighted by Crippen LogP contribution is 2.27. The molecule has 5 rings (SSSR count). The highest BCUT2D eigenvalue weighted by molar-refractivity contribution is 8.18. The van der Waals surface area contributed by atoms with Gasteiger partial charge < -0.3 is 15.0 Å². The number of rotatable bonds is 7. The molecule has 0 atom stereocenters. The minimum absolute atomic E-state index is 0.198. The maximum absolute atomic E-state index is 12.3. The molecule has 174 valence electrons. The number of nitrogens with one attached hydrogen (secondary N) is 3. The van der Waals surface area contributed by atoms with Crippen LogP contribution < -0.4 is 20.9 Å². The maximum Gasteiger partial charge on any atom is 0.290 e. The molecule has 0 radical (unpaired) electrons. The predicted octanol–water partition coefficient (Wildman–Crippen LogP) is 3.48. The first-order valence-corrected chi connectivity index (χ1v) is 11.4. The van der Waals surface area contributed by atoms with Crippen molar-refractivity contribution in [2.75, 3.05) is 11.9 Å². The van der Waals surface area contributed by atoms with E-state index >= 15 is 0 Å². The molecule has 2 aromatic heterocycles. The van der Waals surface area contributed by atoms with Gasteiger partial charge >= 0.3 is 0 Å². The summed E-state index contributed by atoms with van der Waals surface area (Å²) in [7, 11) is 0. The van der Waals surface area contributed by atoms with Crippen LogP contribution in [0, 0.1) is 0 Å². The van der Waals surface area contributed by atoms with E-state index in [0.29, 0.717) is 41.1 Å². The van der Waals surface area contributed by atoms with Gasteiger partial charge in [-0.05, 0) is 42.1 Å². The van der Waals surface area contributed by atoms with Crippen molar-refractivity contribution in [3.63, 3.8) is 0 Å². The largest absolute Gasteiger partial charge is 0.439 e. The van der Waals surface area contributed by atoms with Gasteiger partial charge in [0.05, 0.1) is 21.5 Å². The number of amides is 2. The molecule has 1 aliphatic rings. The Hall–Kier alpha value is -4.51. The van der Waals surface area contributed by atoms with Crippen LogP contribution in [0.2, 0.25) is 0 Å². The number of fused-ring (bicyclic) bond motifs is 1. The summed E-state index contributed by atoms with van der Waals surface area (Å²) in [6.45, 7) is 0.375. The molecule has 2 aromatic carbocycles. The fraction of sp³-hybridized carbons (Fsp3) is 0.0833. The van der Waals surface area contributed by atoms with Crippen molar-refractivity contribution in [2.45, 2.75) is 6.42 Å². The molecule has 11 heteroatoms. The topological polar surface area (TPSA) is 139 Å². The maximum atomic E-state index is 12.3. The number of carbonyl (C=O) groups is 2. The van der Waals surface area contributed by atoms with E-state index in [2.05, 4.69) is 30.6 Å². The SMILES string of the molecule is O=C1NC(=O)/C(=C/c2cc(Oc3ccccc3)nc(NCCc3nc4ccccc4c(=O)[nH]3)n2)S1. The van der Waals surface area contributed by atoms with Gasteiger partial charge in [-0.25, -0.2) is 9.97 Å². The zero-order valence-corrected chi connectivity index (χ0v) is 19.0. The molecule has 3 N–H and O–H groups in total. The monoisotopic (exact) mass is 486 g/mol. The summed E-state index contributed by atoms with van der Waals surface area (Å²) in [5, 5.41) is 5.41. The molecule has 0 spiro atoms. The van der Waals surface area contributed by atoms with Gasteiger partial charge in [-0.15, -0.1) is 0 Å². The molecule has 0 unspecified atom stereocenters. The molecule has 0 bridgehead atoms. The molecule has 4 aromatic rings. The number of aromatic amines is 1. The number of imide groups is 1. The minimum Gasteiger partial charge on any atom is -0.439 e. The molecule has 35 heavy (non-hydrogen) atoms. The first kappa shape index (κ1) is 22.3. The smallest absolute Gasteiger partial charge is 0.290 e. The van der Waals surface area contributed by atoms with E-state index < -0.39 is 11.1 Å². The minimum atomic E-state index is -0.481. The van der Waals surface area contributed by atoms with Crippen molar-refractivity contribution in [3.05, 3.63) is 87.4 Å². The van der Waals surface area contributed by atoms with E-state index in [4.69, 9.17) is 4.74 Å². The molecular weight excluding hydrogens is 468 g/mol. The molecule has 3 heterocycles. The van der Waals surface area contributed by atoms with Crippen LogP contribution >= 0.6 is 11.8 Å². The number of H-pyrrole nitrogens is 1. The summed E-state index contributed by atoms with van der Waals surface area (Å²) in [6.07, 6.45) is 1.91. The molecule has 0 aliphatic carbocycles. The molecule has 1 aliphatic heterocycles. The number of aromatic nitrogens is 4. The molecule has 0 saturated carbocycles. The van der Waals surface area contributed by atoms with Crippen molar-refractivity contribution in [1.82, 2.24) is 25.3 Å². The average Bonchev–Trinajstić information content (AvgIpc) is 3.16. The van der Waals surface area contributed by atoms with Crippen LogP contribution in [0.25, 0.3) is 17.0 Å². The van der Waals surface area contributed by atoms with E-state index in [0.717, 1.165) is 11.8 Å². The zero-order chi connectivity index (χ0) is 24.2. The quantitative estimate of drug-likeness (QED) is 0.335. The Morgan fingerprint density at radius 1 is 0.971 bits per heavy atom. The van der Waals surface area contributed by atoms with E-state index in [9.17, 15) is 14.4 Å². The third-order valence-electron chi connectivity index (χ3n) is 4.92. The number of carbonyl (C=O) groups excluding carboxylic acids is 2. The first-order valence-electron chi connectivity index (χ1n) is 10.6. The van der Waals surface area contributed by atoms with Gasteiger partial charge in [-0.3, -0.25) is 19.7 Å². The van der Waals surface area contributed by atoms with Crippen LogP contribution in [0.3, 0.4) is 0 Å². The summed E-state index contributed by atoms with van der Waals surface area (Å²) in [6, 6.07) is 17.8. The van der Waals surface area contributed by atoms with Crippen LogP contribution in [0.1, 0.15) is 11.5 Å². The molecule has 1 fully saturated rings. The van der Waals surface area contributed by atoms with Crippen LogP contribution in [0.4, 0.5) is 10.7 Å². The van der Waals surface area contributed by atoms with E-state index in [1.807, 2.05) is 24.3 Å². The Kier molecular flexibility index (Phi) is 6.22. The fourth-order valence-electron chi connectivity index (χ4n) is 3.36. The number of ether oxygens (including phenoxy) is 1. The number of hydrogen-bond acceptors (Lipinski definition) is 9. The molecule has 2 amide bonds. The third-order valence-corrected chi connectivity index (χ3v) is 5.73. The van der Waals surface area contributed by atoms with Crippen molar-refractivity contribution in [1.29, 1.82) is 0 Å². The lowest BCUT2D eigenvalue weighted by Crippen LogP contribution is -2.18. The van der Waals surface area contributed by atoms with Gasteiger partial charge in [0.25, 0.3) is 16.7 Å². The van der Waals surface area contributed by atoms with Crippen molar-refractivity contribution in [2.24, 2.45) is 0 Å². The summed E-state index contributed by atoms with van der Waals surface area (Å²) in [5.74, 6) is 1.13. The number of benzene rings is 2. The Labute approximate surface area is 202 Å². The highest BCUT2D eigenvalue weighted by atomic mass is 32.2. The van der Waals surface area contributed by atoms with Gasteiger partial charge in [0, 0.05) is 19.0 Å². The van der Waals surface area contributed by atoms with Gasteiger partial charge in [-0.1, -0.05) is 30.3 Å². The zero-order valence-electron chi connectivity index (χ0n) is 18.1. The Balaban J connectivity index is 1.37. The normalized spacial score (nSPS) is 14.3. The number of para-hydroxylation sites is 2. The molecule has 10 nitrogen and oxygen atoms in total. The molecular formula is C24H18N6O4S. The third kappa shape index (κ3) is 5.36. The average molecular weight is 487 g/mol. The number of thioether (sulfide) groups is 1. The fourth-order valence-corrected chi connectivity index (χ4v) is 4.03. The number of hydrogen-bond donors (Lipinski definition) is 3. The summed E-state index contributed by atoms with van der Waals surface area (Å²) in [5.41, 5.74) is 0.811. The van der Waals surface area contributed by atoms with Crippen LogP contribution in [0.5, 0.6) is 11.6 Å². The lowest BCUT2D eigenvalue weighted by atomic mass is 10.2. The summed E-state index contributed by atoms with van der Waals surface area (Å²) < 4.78 is 5.85. The van der Waals surface area contributed by atoms with Gasteiger partial charge in [0.2, 0.25) is 11.8 Å². The van der Waals surface area contributed by atoms with Crippen molar-refractivity contribution >= 4 is 45.8 Å². The second kappa shape index (κ2) is 9.77. The van der Waals surface area contributed by atoms with E-state index in [1.54, 1.807) is 36.4 Å². The van der Waals surface area contributed by atoms with E-state index in [1.165, 1.54) is 6.08 Å². The van der Waals surface area contributed by atoms with Crippen LogP contribution in [-0.2, 0) is 11.2 Å². The number of anilines is 1. The molecule has 1 saturated heterocycles. The van der Waals surface area contributed by atoms with Gasteiger partial charge in [-0.2, -0.15) is 4.98 Å². The lowest BCUT2D eigenvalue weighted by molar-refractivity contribution is -0.115. The lowest BCUT2D eigenvalue weighted by Gasteiger charge is -2.10. The van der Waals surface area contributed by atoms with Gasteiger partial charge in [0.15, 0.2) is 0 Å². The van der Waals surface area contributed by atoms with Crippen molar-refractivity contribution < 1.29 is 14.3 Å². The Bertz CT molecular complexity index is 1520. The second-order valence-corrected chi connectivity index (χ2v) is 8.44. The first-order chi connectivity index (χ1) is 17.0. The Morgan fingerprint density at radius 2 is 1.77 bits per heavy atom. The Morgan fingerprint density at radius 3 is 2.57 bits per heavy atom. The predicted molar refractivity (Wildman–Crippen MR) is 132 cm³/mol. The summed E-state index contributed by atoms with van der Waals surface area (Å²) in [4.78, 5) is 52.1. The second-order valence-electron chi connectivity index (χ2n) is 7.43. The standard InChI is InChI=1S/C24H18N6O4S/c31-21-16-8-4-5-9-17(16)27-19(28-21)10-11-25-23-26-14(12-18-22(32)30-24(33)35-18)13-20(29-23)34-15-6-2-1-3-7-15/h1-9,12-13H,10-11H2,(H,25,26,29)(H,27,28,31)(H,30,32,33)/b18-12-. The van der Waals surface area contributed by atoms with Gasteiger partial charge in [0.1, 0.15) is 11.6 Å². The van der Waals surface area contributed by atoms with E-state index in [-0.39, 0.29) is 22.3 Å². The van der Waals surface area contributed by atoms with Crippen molar-refractivity contribution in [3.8, 4) is 11.6 Å². The van der Waals surface area contributed by atoms with Crippen LogP contribution in [-0.4, -0.2) is 37.6 Å². The number of nitrogens with zero attached hydrogens (tertiary/aromatic N) is 3. The summed E-state index contributed by atoms with van der Waals surface area (Å²) >= 11 is 0.799.